The van der Waals surface area contributed by atoms with Crippen LogP contribution in [0.5, 0.6) is 0 Å². The van der Waals surface area contributed by atoms with Gasteiger partial charge < -0.3 is 4.57 Å². The summed E-state index contributed by atoms with van der Waals surface area (Å²) in [5.74, 6) is 0.133. The van der Waals surface area contributed by atoms with Crippen LogP contribution in [0.4, 0.5) is 0 Å². The van der Waals surface area contributed by atoms with E-state index in [1.165, 1.54) is 29.4 Å². The minimum absolute atomic E-state index is 0.133. The van der Waals surface area contributed by atoms with Crippen LogP contribution >= 0.6 is 0 Å². The maximum absolute atomic E-state index is 12.5. The fourth-order valence-electron chi connectivity index (χ4n) is 4.18. The summed E-state index contributed by atoms with van der Waals surface area (Å²) in [5.41, 5.74) is 3.62. The number of hydrogen-bond donors (Lipinski definition) is 0. The third kappa shape index (κ3) is 3.54. The summed E-state index contributed by atoms with van der Waals surface area (Å²) >= 11 is 0. The van der Waals surface area contributed by atoms with Crippen molar-refractivity contribution in [2.45, 2.75) is 30.2 Å². The lowest BCUT2D eigenvalue weighted by molar-refractivity contribution is 0.308. The molecule has 0 amide bonds. The lowest BCUT2D eigenvalue weighted by Gasteiger charge is -2.20. The van der Waals surface area contributed by atoms with Crippen molar-refractivity contribution in [3.8, 4) is 0 Å². The van der Waals surface area contributed by atoms with Crippen LogP contribution in [-0.2, 0) is 23.3 Å². The molecule has 4 nitrogen and oxygen atoms in total. The highest BCUT2D eigenvalue weighted by Crippen LogP contribution is 2.33. The molecular formula is C22H26N2O2S. The van der Waals surface area contributed by atoms with Crippen molar-refractivity contribution in [1.82, 2.24) is 9.47 Å². The number of rotatable bonds is 5. The number of aryl methyl sites for hydroxylation is 2. The van der Waals surface area contributed by atoms with E-state index in [1.54, 1.807) is 24.3 Å². The molecule has 4 rings (SSSR count). The summed E-state index contributed by atoms with van der Waals surface area (Å²) < 4.78 is 27.3. The van der Waals surface area contributed by atoms with Gasteiger partial charge in [-0.2, -0.15) is 0 Å². The molecule has 27 heavy (non-hydrogen) atoms. The molecule has 0 N–H and O–H groups in total. The number of sulfone groups is 1. The monoisotopic (exact) mass is 382 g/mol. The number of nitrogens with zero attached hydrogens (tertiary/aromatic N) is 2. The largest absolute Gasteiger partial charge is 0.346 e. The van der Waals surface area contributed by atoms with Gasteiger partial charge in [0.2, 0.25) is 0 Å². The SMILES string of the molecule is CN1CCC[C@@H]1c1cc2cc(CCS(=O)(=O)c3ccccc3)ccc2n1C. The average molecular weight is 383 g/mol. The van der Waals surface area contributed by atoms with Gasteiger partial charge in [-0.05, 0) is 68.8 Å². The molecular weight excluding hydrogens is 356 g/mol. The molecule has 0 radical (unpaired) electrons. The molecule has 0 aliphatic carbocycles. The van der Waals surface area contributed by atoms with Crippen LogP contribution in [0.15, 0.2) is 59.5 Å². The summed E-state index contributed by atoms with van der Waals surface area (Å²) in [7, 11) is 1.07. The van der Waals surface area contributed by atoms with Crippen molar-refractivity contribution >= 4 is 20.7 Å². The molecule has 1 atom stereocenters. The molecule has 3 aromatic rings. The van der Waals surface area contributed by atoms with Crippen LogP contribution in [0.2, 0.25) is 0 Å². The minimum Gasteiger partial charge on any atom is -0.346 e. The van der Waals surface area contributed by atoms with Crippen molar-refractivity contribution in [2.24, 2.45) is 7.05 Å². The molecule has 1 saturated heterocycles. The van der Waals surface area contributed by atoms with Gasteiger partial charge in [-0.3, -0.25) is 4.90 Å². The Hall–Kier alpha value is -2.11. The first kappa shape index (κ1) is 18.3. The molecule has 1 aliphatic rings. The maximum atomic E-state index is 12.5. The van der Waals surface area contributed by atoms with Crippen LogP contribution in [-0.4, -0.2) is 37.2 Å². The molecule has 5 heteroatoms. The minimum atomic E-state index is -3.25. The molecule has 1 fully saturated rings. The molecule has 0 unspecified atom stereocenters. The zero-order valence-electron chi connectivity index (χ0n) is 15.9. The van der Waals surface area contributed by atoms with E-state index < -0.39 is 9.84 Å². The van der Waals surface area contributed by atoms with E-state index in [9.17, 15) is 8.42 Å². The third-order valence-corrected chi connectivity index (χ3v) is 7.50. The lowest BCUT2D eigenvalue weighted by Crippen LogP contribution is -2.19. The van der Waals surface area contributed by atoms with E-state index in [4.69, 9.17) is 0 Å². The molecule has 0 spiro atoms. The normalized spacial score (nSPS) is 18.4. The molecule has 1 aromatic heterocycles. The number of hydrogen-bond acceptors (Lipinski definition) is 3. The van der Waals surface area contributed by atoms with Gasteiger partial charge in [-0.15, -0.1) is 0 Å². The Balaban J connectivity index is 1.57. The Morgan fingerprint density at radius 1 is 1.04 bits per heavy atom. The first-order valence-electron chi connectivity index (χ1n) is 9.52. The van der Waals surface area contributed by atoms with E-state index in [0.717, 1.165) is 12.1 Å². The Bertz CT molecular complexity index is 1050. The van der Waals surface area contributed by atoms with E-state index in [2.05, 4.69) is 47.8 Å². The summed E-state index contributed by atoms with van der Waals surface area (Å²) in [4.78, 5) is 2.82. The van der Waals surface area contributed by atoms with Gasteiger partial charge in [-0.1, -0.05) is 24.3 Å². The predicted molar refractivity (Wildman–Crippen MR) is 110 cm³/mol. The van der Waals surface area contributed by atoms with Gasteiger partial charge in [0.15, 0.2) is 9.84 Å². The second-order valence-corrected chi connectivity index (χ2v) is 9.65. The smallest absolute Gasteiger partial charge is 0.178 e. The van der Waals surface area contributed by atoms with Crippen LogP contribution in [0, 0.1) is 0 Å². The highest BCUT2D eigenvalue weighted by Gasteiger charge is 2.25. The van der Waals surface area contributed by atoms with Crippen LogP contribution in [0.1, 0.15) is 30.1 Å². The maximum Gasteiger partial charge on any atom is 0.178 e. The molecule has 1 aliphatic heterocycles. The van der Waals surface area contributed by atoms with Gasteiger partial charge in [0, 0.05) is 29.7 Å². The summed E-state index contributed by atoms with van der Waals surface area (Å²) in [6, 6.07) is 17.8. The Morgan fingerprint density at radius 2 is 1.81 bits per heavy atom. The van der Waals surface area contributed by atoms with E-state index in [1.807, 2.05) is 6.07 Å². The summed E-state index contributed by atoms with van der Waals surface area (Å²) in [5, 5.41) is 1.20. The summed E-state index contributed by atoms with van der Waals surface area (Å²) in [6.45, 7) is 1.15. The highest BCUT2D eigenvalue weighted by atomic mass is 32.2. The van der Waals surface area contributed by atoms with Crippen LogP contribution in [0.25, 0.3) is 10.9 Å². The van der Waals surface area contributed by atoms with Gasteiger partial charge in [0.05, 0.1) is 10.6 Å². The number of aromatic nitrogens is 1. The Labute approximate surface area is 161 Å². The Morgan fingerprint density at radius 3 is 2.52 bits per heavy atom. The van der Waals surface area contributed by atoms with Gasteiger partial charge in [0.1, 0.15) is 0 Å². The standard InChI is InChI=1S/C22H26N2O2S/c1-23-13-6-9-21(23)22-16-18-15-17(10-11-20(18)24(22)2)12-14-27(25,26)19-7-4-3-5-8-19/h3-5,7-8,10-11,15-16,21H,6,9,12-14H2,1-2H3/t21-/m1/s1. The molecule has 2 aromatic carbocycles. The van der Waals surface area contributed by atoms with Crippen LogP contribution < -0.4 is 0 Å². The van der Waals surface area contributed by atoms with Crippen LogP contribution in [0.3, 0.4) is 0 Å². The quantitative estimate of drug-likeness (QED) is 0.671. The second kappa shape index (κ2) is 7.13. The zero-order chi connectivity index (χ0) is 19.0. The van der Waals surface area contributed by atoms with Crippen molar-refractivity contribution in [3.63, 3.8) is 0 Å². The average Bonchev–Trinajstić information content (AvgIpc) is 3.23. The topological polar surface area (TPSA) is 42.3 Å². The molecule has 2 heterocycles. The number of benzene rings is 2. The third-order valence-electron chi connectivity index (χ3n) is 5.77. The summed E-state index contributed by atoms with van der Waals surface area (Å²) in [6.07, 6.45) is 2.97. The van der Waals surface area contributed by atoms with E-state index in [0.29, 0.717) is 17.4 Å². The molecule has 142 valence electrons. The fourth-order valence-corrected chi connectivity index (χ4v) is 5.49. The first-order valence-corrected chi connectivity index (χ1v) is 11.2. The predicted octanol–water partition coefficient (Wildman–Crippen LogP) is 3.96. The zero-order valence-corrected chi connectivity index (χ0v) is 16.7. The number of likely N-dealkylation sites (tertiary alicyclic amines) is 1. The highest BCUT2D eigenvalue weighted by molar-refractivity contribution is 7.91. The van der Waals surface area contributed by atoms with Crippen molar-refractivity contribution in [2.75, 3.05) is 19.3 Å². The lowest BCUT2D eigenvalue weighted by atomic mass is 10.1. The molecule has 0 bridgehead atoms. The van der Waals surface area contributed by atoms with E-state index >= 15 is 0 Å². The second-order valence-electron chi connectivity index (χ2n) is 7.54. The van der Waals surface area contributed by atoms with Crippen molar-refractivity contribution in [1.29, 1.82) is 0 Å². The molecule has 0 saturated carbocycles. The van der Waals surface area contributed by atoms with Gasteiger partial charge in [0.25, 0.3) is 0 Å². The van der Waals surface area contributed by atoms with Gasteiger partial charge >= 0.3 is 0 Å². The van der Waals surface area contributed by atoms with Gasteiger partial charge in [-0.25, -0.2) is 8.42 Å². The van der Waals surface area contributed by atoms with Crippen molar-refractivity contribution in [3.05, 3.63) is 65.9 Å². The number of fused-ring (bicyclic) bond motifs is 1. The fraction of sp³-hybridized carbons (Fsp3) is 0.364. The van der Waals surface area contributed by atoms with Crippen molar-refractivity contribution < 1.29 is 8.42 Å². The van der Waals surface area contributed by atoms with E-state index in [-0.39, 0.29) is 5.75 Å². The Kier molecular flexibility index (Phi) is 4.82. The first-order chi connectivity index (χ1) is 13.0.